The van der Waals surface area contributed by atoms with E-state index in [1.165, 1.54) is 11.3 Å². The van der Waals surface area contributed by atoms with E-state index in [4.69, 9.17) is 0 Å². The van der Waals surface area contributed by atoms with Crippen molar-refractivity contribution < 1.29 is 18.3 Å². The Hall–Kier alpha value is -2.57. The van der Waals surface area contributed by atoms with Gasteiger partial charge in [0.1, 0.15) is 0 Å². The summed E-state index contributed by atoms with van der Waals surface area (Å²) in [5.41, 5.74) is -0.633. The van der Waals surface area contributed by atoms with Gasteiger partial charge in [-0.2, -0.15) is 0 Å². The third-order valence-corrected chi connectivity index (χ3v) is 6.62. The van der Waals surface area contributed by atoms with Crippen molar-refractivity contribution in [3.63, 3.8) is 0 Å². The van der Waals surface area contributed by atoms with Crippen LogP contribution >= 0.6 is 23.1 Å². The molecule has 0 spiro atoms. The molecule has 2 aromatic carbocycles. The number of thiazole rings is 1. The molecule has 0 bridgehead atoms. The van der Waals surface area contributed by atoms with Gasteiger partial charge < -0.3 is 0 Å². The smallest absolute Gasteiger partial charge is 0.258 e. The van der Waals surface area contributed by atoms with Crippen LogP contribution in [0.25, 0.3) is 10.2 Å². The van der Waals surface area contributed by atoms with E-state index < -0.39 is 36.0 Å². The number of hydrogen-bond acceptors (Lipinski definition) is 9. The van der Waals surface area contributed by atoms with E-state index in [-0.39, 0.29) is 4.90 Å². The molecule has 0 radical (unpaired) electrons. The average molecular weight is 411 g/mol. The fourth-order valence-corrected chi connectivity index (χ4v) is 4.97. The fourth-order valence-electron chi connectivity index (χ4n) is 2.15. The Morgan fingerprint density at radius 1 is 1.08 bits per heavy atom. The highest BCUT2D eigenvalue weighted by Gasteiger charge is 2.30. The Bertz CT molecular complexity index is 1090. The van der Waals surface area contributed by atoms with Crippen LogP contribution < -0.4 is 0 Å². The van der Waals surface area contributed by atoms with Gasteiger partial charge in [-0.3, -0.25) is 20.2 Å². The van der Waals surface area contributed by atoms with Crippen LogP contribution in [0.2, 0.25) is 0 Å². The summed E-state index contributed by atoms with van der Waals surface area (Å²) in [6.45, 7) is 0. The minimum Gasteiger partial charge on any atom is -0.258 e. The molecule has 3 aromatic rings. The molecule has 0 atom stereocenters. The Kier molecular flexibility index (Phi) is 4.64. The van der Waals surface area contributed by atoms with Crippen LogP contribution in [-0.2, 0) is 9.84 Å². The van der Waals surface area contributed by atoms with E-state index in [0.717, 1.165) is 34.9 Å². The Morgan fingerprint density at radius 3 is 2.15 bits per heavy atom. The molecule has 0 aliphatic heterocycles. The van der Waals surface area contributed by atoms with Gasteiger partial charge in [0.05, 0.1) is 25.0 Å². The van der Waals surface area contributed by atoms with Crippen molar-refractivity contribution in [2.45, 2.75) is 14.1 Å². The van der Waals surface area contributed by atoms with Gasteiger partial charge in [-0.15, -0.1) is 11.3 Å². The van der Waals surface area contributed by atoms with Crippen LogP contribution in [0, 0.1) is 20.2 Å². The summed E-state index contributed by atoms with van der Waals surface area (Å²) in [4.78, 5) is 24.7. The van der Waals surface area contributed by atoms with Gasteiger partial charge in [0.15, 0.2) is 19.1 Å². The maximum Gasteiger partial charge on any atom is 0.291 e. The van der Waals surface area contributed by atoms with Crippen LogP contribution in [0.15, 0.2) is 50.5 Å². The first-order chi connectivity index (χ1) is 12.2. The average Bonchev–Trinajstić information content (AvgIpc) is 2.95. The summed E-state index contributed by atoms with van der Waals surface area (Å²) in [5.74, 6) is 0. The van der Waals surface area contributed by atoms with Gasteiger partial charge in [-0.25, -0.2) is 13.4 Å². The van der Waals surface area contributed by atoms with E-state index in [0.29, 0.717) is 9.86 Å². The van der Waals surface area contributed by atoms with Crippen molar-refractivity contribution in [3.05, 3.63) is 56.6 Å². The minimum absolute atomic E-state index is 0.258. The summed E-state index contributed by atoms with van der Waals surface area (Å²) < 4.78 is 24.6. The molecule has 0 N–H and O–H groups in total. The maximum atomic E-state index is 11.7. The van der Waals surface area contributed by atoms with E-state index >= 15 is 0 Å². The maximum absolute atomic E-state index is 11.7. The summed E-state index contributed by atoms with van der Waals surface area (Å²) in [6, 6.07) is 8.82. The molecule has 3 rings (SSSR count). The summed E-state index contributed by atoms with van der Waals surface area (Å²) >= 11 is 2.00. The number of rotatable bonds is 5. The van der Waals surface area contributed by atoms with E-state index in [1.54, 1.807) is 18.2 Å². The molecule has 1 heterocycles. The van der Waals surface area contributed by atoms with Gasteiger partial charge in [0.2, 0.25) is 0 Å². The van der Waals surface area contributed by atoms with Crippen LogP contribution in [0.3, 0.4) is 0 Å². The Balaban J connectivity index is 2.21. The predicted octanol–water partition coefficient (Wildman–Crippen LogP) is 3.67. The molecule has 0 fully saturated rings. The molecular formula is C14H9N3O6S3. The lowest BCUT2D eigenvalue weighted by atomic mass is 10.3. The topological polar surface area (TPSA) is 133 Å². The fraction of sp³-hybridized carbons (Fsp3) is 0.0714. The number of para-hydroxylation sites is 1. The minimum atomic E-state index is -3.86. The first-order valence-corrected chi connectivity index (χ1v) is 10.4. The molecule has 12 heteroatoms. The standard InChI is InChI=1S/C14H9N3O6S3/c1-26(22,23)8-6-10(16(18)19)13(11(7-8)17(20)21)25-14-15-9-4-2-3-5-12(9)24-14/h2-7H,1H3. The number of nitro groups is 2. The second-order valence-electron chi connectivity index (χ2n) is 5.13. The quantitative estimate of drug-likeness (QED) is 0.458. The number of hydrogen-bond donors (Lipinski definition) is 0. The summed E-state index contributed by atoms with van der Waals surface area (Å²) in [7, 11) is -3.86. The van der Waals surface area contributed by atoms with Crippen molar-refractivity contribution in [2.24, 2.45) is 0 Å². The molecule has 0 amide bonds. The Morgan fingerprint density at radius 2 is 1.65 bits per heavy atom. The lowest BCUT2D eigenvalue weighted by molar-refractivity contribution is -0.400. The lowest BCUT2D eigenvalue weighted by Gasteiger charge is -2.05. The third-order valence-electron chi connectivity index (χ3n) is 3.31. The molecule has 0 aliphatic carbocycles. The SMILES string of the molecule is CS(=O)(=O)c1cc([N+](=O)[O-])c(Sc2nc3ccccc3s2)c([N+](=O)[O-])c1. The molecule has 0 aliphatic rings. The Labute approximate surface area is 154 Å². The number of fused-ring (bicyclic) bond motifs is 1. The lowest BCUT2D eigenvalue weighted by Crippen LogP contribution is -2.03. The summed E-state index contributed by atoms with van der Waals surface area (Å²) in [5, 5.41) is 22.8. The number of nitro benzene ring substituents is 2. The van der Waals surface area contributed by atoms with Crippen molar-refractivity contribution in [1.82, 2.24) is 4.98 Å². The highest BCUT2D eigenvalue weighted by molar-refractivity contribution is 8.01. The third kappa shape index (κ3) is 3.52. The van der Waals surface area contributed by atoms with Crippen LogP contribution in [0.5, 0.6) is 0 Å². The highest BCUT2D eigenvalue weighted by atomic mass is 32.2. The van der Waals surface area contributed by atoms with Crippen molar-refractivity contribution in [1.29, 1.82) is 0 Å². The molecule has 0 saturated heterocycles. The van der Waals surface area contributed by atoms with Crippen LogP contribution in [0.1, 0.15) is 0 Å². The molecule has 134 valence electrons. The molecular weight excluding hydrogens is 402 g/mol. The molecule has 0 unspecified atom stereocenters. The van der Waals surface area contributed by atoms with Gasteiger partial charge in [-0.05, 0) is 23.9 Å². The van der Waals surface area contributed by atoms with Gasteiger partial charge >= 0.3 is 0 Å². The number of nitrogens with zero attached hydrogens (tertiary/aromatic N) is 3. The zero-order valence-electron chi connectivity index (χ0n) is 13.0. The predicted molar refractivity (Wildman–Crippen MR) is 96.6 cm³/mol. The first kappa shape index (κ1) is 18.2. The van der Waals surface area contributed by atoms with Crippen LogP contribution in [0.4, 0.5) is 11.4 Å². The zero-order valence-corrected chi connectivity index (χ0v) is 15.4. The second-order valence-corrected chi connectivity index (χ2v) is 9.43. The summed E-state index contributed by atoms with van der Waals surface area (Å²) in [6.07, 6.45) is 0.830. The van der Waals surface area contributed by atoms with Gasteiger partial charge in [0, 0.05) is 18.4 Å². The van der Waals surface area contributed by atoms with Crippen molar-refractivity contribution >= 4 is 54.5 Å². The van der Waals surface area contributed by atoms with Gasteiger partial charge in [0.25, 0.3) is 11.4 Å². The molecule has 9 nitrogen and oxygen atoms in total. The normalized spacial score (nSPS) is 11.6. The van der Waals surface area contributed by atoms with Crippen LogP contribution in [-0.4, -0.2) is 29.5 Å². The molecule has 0 saturated carbocycles. The van der Waals surface area contributed by atoms with E-state index in [2.05, 4.69) is 4.98 Å². The molecule has 26 heavy (non-hydrogen) atoms. The number of sulfone groups is 1. The number of aromatic nitrogens is 1. The van der Waals surface area contributed by atoms with Crippen molar-refractivity contribution in [2.75, 3.05) is 6.26 Å². The highest BCUT2D eigenvalue weighted by Crippen LogP contribution is 2.44. The first-order valence-electron chi connectivity index (χ1n) is 6.87. The second kappa shape index (κ2) is 6.63. The van der Waals surface area contributed by atoms with E-state index in [1.807, 2.05) is 6.07 Å². The monoisotopic (exact) mass is 411 g/mol. The molecule has 1 aromatic heterocycles. The van der Waals surface area contributed by atoms with E-state index in [9.17, 15) is 28.6 Å². The van der Waals surface area contributed by atoms with Crippen molar-refractivity contribution in [3.8, 4) is 0 Å². The zero-order chi connectivity index (χ0) is 19.1. The number of benzene rings is 2. The largest absolute Gasteiger partial charge is 0.291 e. The van der Waals surface area contributed by atoms with Gasteiger partial charge in [-0.1, -0.05) is 12.1 Å².